The Bertz CT molecular complexity index is 528. The van der Waals surface area contributed by atoms with Gasteiger partial charge in [-0.25, -0.2) is 0 Å². The van der Waals surface area contributed by atoms with Crippen LogP contribution in [0.4, 0.5) is 0 Å². The van der Waals surface area contributed by atoms with Gasteiger partial charge in [-0.05, 0) is 43.4 Å². The van der Waals surface area contributed by atoms with Crippen LogP contribution >= 0.6 is 0 Å². The number of carbonyl (C=O) groups excluding carboxylic acids is 1. The lowest BCUT2D eigenvalue weighted by atomic mass is 10.0. The van der Waals surface area contributed by atoms with E-state index in [0.29, 0.717) is 25.2 Å². The third kappa shape index (κ3) is 11.4. The predicted molar refractivity (Wildman–Crippen MR) is 118 cm³/mol. The van der Waals surface area contributed by atoms with Gasteiger partial charge in [-0.1, -0.05) is 89.7 Å². The lowest BCUT2D eigenvalue weighted by Crippen LogP contribution is -2.07. The van der Waals surface area contributed by atoms with Crippen molar-refractivity contribution in [1.82, 2.24) is 0 Å². The van der Waals surface area contributed by atoms with Crippen molar-refractivity contribution in [1.29, 1.82) is 0 Å². The number of phenolic OH excluding ortho intramolecular Hbond substituents is 1. The van der Waals surface area contributed by atoms with Gasteiger partial charge in [-0.3, -0.25) is 4.79 Å². The molecule has 3 nitrogen and oxygen atoms in total. The second kappa shape index (κ2) is 15.4. The Morgan fingerprint density at radius 2 is 1.29 bits per heavy atom. The standard InChI is InChI=1S/C25H42O3/c1-4-5-6-7-8-9-10-11-12-13-14-15-18-28-24(26)17-16-23-19-21(2)25(27)22(3)20-23/h19-20,27H,4-18H2,1-3H3. The number of aryl methyl sites for hydroxylation is 3. The first-order valence-electron chi connectivity index (χ1n) is 11.5. The molecule has 0 heterocycles. The number of esters is 1. The molecule has 0 atom stereocenters. The highest BCUT2D eigenvalue weighted by atomic mass is 16.5. The average Bonchev–Trinajstić information content (AvgIpc) is 2.68. The van der Waals surface area contributed by atoms with Crippen molar-refractivity contribution < 1.29 is 14.6 Å². The van der Waals surface area contributed by atoms with Crippen LogP contribution in [0.2, 0.25) is 0 Å². The number of ether oxygens (including phenoxy) is 1. The molecule has 0 saturated heterocycles. The number of rotatable bonds is 16. The molecular formula is C25H42O3. The molecule has 0 aromatic heterocycles. The summed E-state index contributed by atoms with van der Waals surface area (Å²) in [7, 11) is 0. The zero-order chi connectivity index (χ0) is 20.6. The zero-order valence-corrected chi connectivity index (χ0v) is 18.5. The predicted octanol–water partition coefficient (Wildman–Crippen LogP) is 7.19. The van der Waals surface area contributed by atoms with Gasteiger partial charge in [0.25, 0.3) is 0 Å². The van der Waals surface area contributed by atoms with Crippen molar-refractivity contribution in [2.45, 2.75) is 111 Å². The van der Waals surface area contributed by atoms with Gasteiger partial charge < -0.3 is 9.84 Å². The summed E-state index contributed by atoms with van der Waals surface area (Å²) < 4.78 is 5.35. The Morgan fingerprint density at radius 1 is 0.821 bits per heavy atom. The van der Waals surface area contributed by atoms with Crippen LogP contribution < -0.4 is 0 Å². The first-order valence-corrected chi connectivity index (χ1v) is 11.5. The SMILES string of the molecule is CCCCCCCCCCCCCCOC(=O)CCc1cc(C)c(O)c(C)c1. The Labute approximate surface area is 172 Å². The smallest absolute Gasteiger partial charge is 0.306 e. The molecule has 160 valence electrons. The summed E-state index contributed by atoms with van der Waals surface area (Å²) in [5, 5.41) is 9.80. The molecule has 0 aliphatic rings. The van der Waals surface area contributed by atoms with E-state index < -0.39 is 0 Å². The first kappa shape index (κ1) is 24.5. The van der Waals surface area contributed by atoms with E-state index in [9.17, 15) is 9.90 Å². The molecule has 0 aliphatic carbocycles. The van der Waals surface area contributed by atoms with Crippen LogP contribution in [0.15, 0.2) is 12.1 Å². The Kier molecular flexibility index (Phi) is 13.5. The maximum atomic E-state index is 11.9. The van der Waals surface area contributed by atoms with E-state index in [1.165, 1.54) is 64.2 Å². The van der Waals surface area contributed by atoms with Gasteiger partial charge in [0.1, 0.15) is 5.75 Å². The molecule has 0 amide bonds. The Balaban J connectivity index is 1.94. The number of hydrogen-bond acceptors (Lipinski definition) is 3. The lowest BCUT2D eigenvalue weighted by molar-refractivity contribution is -0.143. The molecule has 1 N–H and O–H groups in total. The van der Waals surface area contributed by atoms with Crippen molar-refractivity contribution in [3.63, 3.8) is 0 Å². The molecule has 3 heteroatoms. The van der Waals surface area contributed by atoms with Crippen LogP contribution in [-0.4, -0.2) is 17.7 Å². The molecule has 28 heavy (non-hydrogen) atoms. The lowest BCUT2D eigenvalue weighted by Gasteiger charge is -2.08. The molecular weight excluding hydrogens is 348 g/mol. The third-order valence-corrected chi connectivity index (χ3v) is 5.43. The number of carbonyl (C=O) groups is 1. The van der Waals surface area contributed by atoms with Gasteiger partial charge >= 0.3 is 5.97 Å². The first-order chi connectivity index (χ1) is 13.5. The minimum Gasteiger partial charge on any atom is -0.507 e. The average molecular weight is 391 g/mol. The summed E-state index contributed by atoms with van der Waals surface area (Å²) in [4.78, 5) is 11.9. The van der Waals surface area contributed by atoms with Gasteiger partial charge in [0.2, 0.25) is 0 Å². The van der Waals surface area contributed by atoms with E-state index in [1.807, 2.05) is 26.0 Å². The van der Waals surface area contributed by atoms with E-state index >= 15 is 0 Å². The van der Waals surface area contributed by atoms with Crippen molar-refractivity contribution >= 4 is 5.97 Å². The quantitative estimate of drug-likeness (QED) is 0.240. The molecule has 0 saturated carbocycles. The van der Waals surface area contributed by atoms with Crippen molar-refractivity contribution in [3.05, 3.63) is 28.8 Å². The molecule has 1 aromatic rings. The molecule has 0 bridgehead atoms. The van der Waals surface area contributed by atoms with Crippen LogP contribution in [0, 0.1) is 13.8 Å². The molecule has 0 aliphatic heterocycles. The van der Waals surface area contributed by atoms with Crippen molar-refractivity contribution in [3.8, 4) is 5.75 Å². The maximum absolute atomic E-state index is 11.9. The van der Waals surface area contributed by atoms with E-state index in [-0.39, 0.29) is 5.97 Å². The summed E-state index contributed by atoms with van der Waals surface area (Å²) >= 11 is 0. The van der Waals surface area contributed by atoms with Crippen molar-refractivity contribution in [2.24, 2.45) is 0 Å². The Hall–Kier alpha value is -1.51. The summed E-state index contributed by atoms with van der Waals surface area (Å²) in [6.07, 6.45) is 16.8. The van der Waals surface area contributed by atoms with Crippen LogP contribution in [-0.2, 0) is 16.0 Å². The third-order valence-electron chi connectivity index (χ3n) is 5.43. The number of benzene rings is 1. The van der Waals surface area contributed by atoms with Crippen molar-refractivity contribution in [2.75, 3.05) is 6.61 Å². The van der Waals surface area contributed by atoms with E-state index in [2.05, 4.69) is 6.92 Å². The number of hydrogen-bond donors (Lipinski definition) is 1. The highest BCUT2D eigenvalue weighted by molar-refractivity contribution is 5.69. The molecule has 0 fully saturated rings. The van der Waals surface area contributed by atoms with E-state index in [1.54, 1.807) is 0 Å². The highest BCUT2D eigenvalue weighted by Crippen LogP contribution is 2.23. The zero-order valence-electron chi connectivity index (χ0n) is 18.5. The van der Waals surface area contributed by atoms with Gasteiger partial charge in [-0.2, -0.15) is 0 Å². The van der Waals surface area contributed by atoms with Crippen LogP contribution in [0.25, 0.3) is 0 Å². The van der Waals surface area contributed by atoms with E-state index in [4.69, 9.17) is 4.74 Å². The number of unbranched alkanes of at least 4 members (excludes halogenated alkanes) is 11. The Morgan fingerprint density at radius 3 is 1.79 bits per heavy atom. The van der Waals surface area contributed by atoms with Gasteiger partial charge in [-0.15, -0.1) is 0 Å². The largest absolute Gasteiger partial charge is 0.507 e. The molecule has 0 unspecified atom stereocenters. The second-order valence-corrected chi connectivity index (χ2v) is 8.19. The van der Waals surface area contributed by atoms with Crippen LogP contribution in [0.5, 0.6) is 5.75 Å². The second-order valence-electron chi connectivity index (χ2n) is 8.19. The summed E-state index contributed by atoms with van der Waals surface area (Å²) in [6, 6.07) is 3.89. The topological polar surface area (TPSA) is 46.5 Å². The molecule has 1 aromatic carbocycles. The van der Waals surface area contributed by atoms with Gasteiger partial charge in [0.15, 0.2) is 0 Å². The fourth-order valence-corrected chi connectivity index (χ4v) is 3.64. The molecule has 1 rings (SSSR count). The minimum atomic E-state index is -0.119. The number of aromatic hydroxyl groups is 1. The summed E-state index contributed by atoms with van der Waals surface area (Å²) in [6.45, 7) is 6.58. The maximum Gasteiger partial charge on any atom is 0.306 e. The summed E-state index contributed by atoms with van der Waals surface area (Å²) in [5.74, 6) is 0.227. The fourth-order valence-electron chi connectivity index (χ4n) is 3.64. The monoisotopic (exact) mass is 390 g/mol. The highest BCUT2D eigenvalue weighted by Gasteiger charge is 2.07. The van der Waals surface area contributed by atoms with Crippen LogP contribution in [0.1, 0.15) is 107 Å². The van der Waals surface area contributed by atoms with E-state index in [0.717, 1.165) is 29.5 Å². The normalized spacial score (nSPS) is 11.0. The van der Waals surface area contributed by atoms with Gasteiger partial charge in [0, 0.05) is 6.42 Å². The minimum absolute atomic E-state index is 0.119. The molecule has 0 radical (unpaired) electrons. The van der Waals surface area contributed by atoms with Crippen LogP contribution in [0.3, 0.4) is 0 Å². The number of phenols is 1. The summed E-state index contributed by atoms with van der Waals surface area (Å²) in [5.41, 5.74) is 2.80. The van der Waals surface area contributed by atoms with Gasteiger partial charge in [0.05, 0.1) is 6.61 Å². The molecule has 0 spiro atoms. The fraction of sp³-hybridized carbons (Fsp3) is 0.720.